The molecule has 1 aliphatic carbocycles. The van der Waals surface area contributed by atoms with Crippen molar-refractivity contribution < 1.29 is 19.4 Å². The Hall–Kier alpha value is -1.06. The van der Waals surface area contributed by atoms with Gasteiger partial charge in [-0.3, -0.25) is 9.59 Å². The highest BCUT2D eigenvalue weighted by Gasteiger charge is 2.53. The number of hydrogen-bond acceptors (Lipinski definition) is 3. The van der Waals surface area contributed by atoms with Gasteiger partial charge in [-0.25, -0.2) is 0 Å². The minimum Gasteiger partial charge on any atom is -0.481 e. The van der Waals surface area contributed by atoms with Gasteiger partial charge in [-0.1, -0.05) is 0 Å². The number of fused-ring (bicyclic) bond motifs is 1. The fraction of sp³-hybridized carbons (Fsp3) is 0.778. The number of esters is 1. The Balaban J connectivity index is 2.25. The van der Waals surface area contributed by atoms with Crippen LogP contribution >= 0.6 is 0 Å². The molecule has 2 rings (SSSR count). The van der Waals surface area contributed by atoms with E-state index in [2.05, 4.69) is 0 Å². The van der Waals surface area contributed by atoms with Gasteiger partial charge in [0.1, 0.15) is 11.5 Å². The van der Waals surface area contributed by atoms with Crippen molar-refractivity contribution in [2.24, 2.45) is 5.41 Å². The van der Waals surface area contributed by atoms with Gasteiger partial charge in [0.05, 0.1) is 0 Å². The Morgan fingerprint density at radius 1 is 1.54 bits per heavy atom. The van der Waals surface area contributed by atoms with E-state index in [-0.39, 0.29) is 18.5 Å². The number of hydrogen-bond donors (Lipinski definition) is 1. The summed E-state index contributed by atoms with van der Waals surface area (Å²) in [6, 6.07) is 0. The third kappa shape index (κ3) is 1.12. The monoisotopic (exact) mass is 184 g/mol. The summed E-state index contributed by atoms with van der Waals surface area (Å²) in [7, 11) is 0. The molecule has 0 bridgehead atoms. The Kier molecular flexibility index (Phi) is 1.78. The zero-order valence-corrected chi connectivity index (χ0v) is 7.28. The van der Waals surface area contributed by atoms with Crippen LogP contribution in [0.3, 0.4) is 0 Å². The van der Waals surface area contributed by atoms with Crippen molar-refractivity contribution in [1.82, 2.24) is 0 Å². The van der Waals surface area contributed by atoms with Gasteiger partial charge in [0.25, 0.3) is 0 Å². The maximum atomic E-state index is 11.1. The van der Waals surface area contributed by atoms with Gasteiger partial charge in [-0.2, -0.15) is 0 Å². The highest BCUT2D eigenvalue weighted by Crippen LogP contribution is 2.46. The van der Waals surface area contributed by atoms with Crippen molar-refractivity contribution in [3.05, 3.63) is 0 Å². The summed E-state index contributed by atoms with van der Waals surface area (Å²) in [5.41, 5.74) is -0.756. The molecule has 13 heavy (non-hydrogen) atoms. The second kappa shape index (κ2) is 2.72. The summed E-state index contributed by atoms with van der Waals surface area (Å²) in [5.74, 6) is -1.05. The minimum atomic E-state index is -0.803. The first-order chi connectivity index (χ1) is 6.15. The topological polar surface area (TPSA) is 63.6 Å². The van der Waals surface area contributed by atoms with Crippen LogP contribution in [-0.2, 0) is 14.3 Å². The van der Waals surface area contributed by atoms with Gasteiger partial charge < -0.3 is 9.84 Å². The second-order valence-corrected chi connectivity index (χ2v) is 3.83. The third-order valence-corrected chi connectivity index (χ3v) is 3.18. The molecule has 72 valence electrons. The molecule has 0 aromatic heterocycles. The van der Waals surface area contributed by atoms with Crippen LogP contribution in [0.2, 0.25) is 0 Å². The summed E-state index contributed by atoms with van der Waals surface area (Å²) >= 11 is 0. The number of carboxylic acids is 1. The molecule has 2 fully saturated rings. The molecule has 0 aromatic rings. The Morgan fingerprint density at radius 2 is 2.31 bits per heavy atom. The van der Waals surface area contributed by atoms with Gasteiger partial charge >= 0.3 is 11.9 Å². The molecule has 0 amide bonds. The summed E-state index contributed by atoms with van der Waals surface area (Å²) in [4.78, 5) is 22.0. The van der Waals surface area contributed by atoms with E-state index in [1.807, 2.05) is 0 Å². The third-order valence-electron chi connectivity index (χ3n) is 3.18. The van der Waals surface area contributed by atoms with Crippen LogP contribution < -0.4 is 0 Å². The van der Waals surface area contributed by atoms with Crippen molar-refractivity contribution in [3.8, 4) is 0 Å². The number of aliphatic carboxylic acids is 1. The summed E-state index contributed by atoms with van der Waals surface area (Å²) in [5, 5.41) is 9.09. The molecule has 1 saturated carbocycles. The van der Waals surface area contributed by atoms with Gasteiger partial charge in [0, 0.05) is 6.42 Å². The second-order valence-electron chi connectivity index (χ2n) is 3.83. The number of carboxylic acid groups (broad SMARTS) is 1. The number of carbonyl (C=O) groups excluding carboxylic acids is 1. The predicted molar refractivity (Wildman–Crippen MR) is 43.0 cm³/mol. The molecule has 4 nitrogen and oxygen atoms in total. The van der Waals surface area contributed by atoms with E-state index in [0.717, 1.165) is 6.42 Å². The van der Waals surface area contributed by atoms with Crippen molar-refractivity contribution in [3.63, 3.8) is 0 Å². The van der Waals surface area contributed by atoms with E-state index in [1.165, 1.54) is 0 Å². The molecule has 0 spiro atoms. The summed E-state index contributed by atoms with van der Waals surface area (Å²) in [6.07, 6.45) is 2.54. The molecule has 1 N–H and O–H groups in total. The first-order valence-electron chi connectivity index (χ1n) is 4.58. The van der Waals surface area contributed by atoms with Crippen LogP contribution in [0.5, 0.6) is 0 Å². The Bertz CT molecular complexity index is 260. The smallest absolute Gasteiger partial charge is 0.313 e. The van der Waals surface area contributed by atoms with Gasteiger partial charge in [-0.15, -0.1) is 0 Å². The average molecular weight is 184 g/mol. The zero-order chi connectivity index (χ0) is 9.47. The molecule has 1 aliphatic heterocycles. The lowest BCUT2D eigenvalue weighted by Gasteiger charge is -2.34. The number of rotatable bonds is 1. The lowest BCUT2D eigenvalue weighted by Crippen LogP contribution is -2.44. The fourth-order valence-electron chi connectivity index (χ4n) is 2.39. The molecular formula is C9H12O4. The van der Waals surface area contributed by atoms with Crippen LogP contribution in [0, 0.1) is 5.41 Å². The first kappa shape index (κ1) is 8.53. The van der Waals surface area contributed by atoms with Crippen LogP contribution in [-0.4, -0.2) is 23.1 Å². The van der Waals surface area contributed by atoms with E-state index in [4.69, 9.17) is 9.84 Å². The van der Waals surface area contributed by atoms with Crippen molar-refractivity contribution in [2.75, 3.05) is 0 Å². The summed E-state index contributed by atoms with van der Waals surface area (Å²) < 4.78 is 5.06. The van der Waals surface area contributed by atoms with E-state index < -0.39 is 11.4 Å². The van der Waals surface area contributed by atoms with E-state index in [0.29, 0.717) is 19.3 Å². The molecule has 2 atom stereocenters. The lowest BCUT2D eigenvalue weighted by atomic mass is 9.78. The first-order valence-corrected chi connectivity index (χ1v) is 4.58. The SMILES string of the molecule is O=C1CC[C@]2(C(=O)O)CCC[C@@H]2O1. The van der Waals surface area contributed by atoms with Crippen LogP contribution in [0.4, 0.5) is 0 Å². The fourth-order valence-corrected chi connectivity index (χ4v) is 2.39. The lowest BCUT2D eigenvalue weighted by molar-refractivity contribution is -0.175. The molecule has 0 unspecified atom stereocenters. The zero-order valence-electron chi connectivity index (χ0n) is 7.28. The quantitative estimate of drug-likeness (QED) is 0.616. The van der Waals surface area contributed by atoms with Crippen molar-refractivity contribution in [2.45, 2.75) is 38.2 Å². The van der Waals surface area contributed by atoms with Gasteiger partial charge in [0.2, 0.25) is 0 Å². The Labute approximate surface area is 75.9 Å². The average Bonchev–Trinajstić information content (AvgIpc) is 2.48. The van der Waals surface area contributed by atoms with Crippen LogP contribution in [0.25, 0.3) is 0 Å². The van der Waals surface area contributed by atoms with E-state index >= 15 is 0 Å². The highest BCUT2D eigenvalue weighted by molar-refractivity contribution is 5.80. The molecule has 1 saturated heterocycles. The normalized spacial score (nSPS) is 38.2. The molecule has 1 heterocycles. The molecule has 2 aliphatic rings. The standard InChI is InChI=1S/C9H12O4/c10-7-3-5-9(8(11)12)4-1-2-6(9)13-7/h6H,1-5H2,(H,11,12)/t6-,9+/m0/s1. The summed E-state index contributed by atoms with van der Waals surface area (Å²) in [6.45, 7) is 0. The van der Waals surface area contributed by atoms with Gasteiger partial charge in [0.15, 0.2) is 0 Å². The van der Waals surface area contributed by atoms with E-state index in [1.54, 1.807) is 0 Å². The minimum absolute atomic E-state index is 0.247. The van der Waals surface area contributed by atoms with Crippen LogP contribution in [0.1, 0.15) is 32.1 Å². The molecule has 0 radical (unpaired) electrons. The number of ether oxygens (including phenoxy) is 1. The predicted octanol–water partition coefficient (Wildman–Crippen LogP) is 0.947. The van der Waals surface area contributed by atoms with E-state index in [9.17, 15) is 9.59 Å². The van der Waals surface area contributed by atoms with Crippen molar-refractivity contribution in [1.29, 1.82) is 0 Å². The van der Waals surface area contributed by atoms with Crippen molar-refractivity contribution >= 4 is 11.9 Å². The molecular weight excluding hydrogens is 172 g/mol. The molecule has 4 heteroatoms. The number of carbonyl (C=O) groups is 2. The largest absolute Gasteiger partial charge is 0.481 e. The van der Waals surface area contributed by atoms with Gasteiger partial charge in [-0.05, 0) is 25.7 Å². The highest BCUT2D eigenvalue weighted by atomic mass is 16.5. The Morgan fingerprint density at radius 3 is 3.00 bits per heavy atom. The van der Waals surface area contributed by atoms with Crippen LogP contribution in [0.15, 0.2) is 0 Å². The maximum absolute atomic E-state index is 11.1. The maximum Gasteiger partial charge on any atom is 0.313 e. The molecule has 0 aromatic carbocycles.